The van der Waals surface area contributed by atoms with E-state index in [0.717, 1.165) is 52.0 Å². The maximum absolute atomic E-state index is 5.96. The first-order valence-corrected chi connectivity index (χ1v) is 9.88. The SMILES string of the molecule is COc1cc(C)ccc1-c1nnc(NC2CC3CCC(C2)O3)c2cnccc12.[HH]. The first kappa shape index (κ1) is 17.4. The number of pyridine rings is 1. The van der Waals surface area contributed by atoms with E-state index < -0.39 is 0 Å². The van der Waals surface area contributed by atoms with Crippen molar-refractivity contribution in [3.8, 4) is 17.0 Å². The number of nitrogens with zero attached hydrogens (tertiary/aromatic N) is 3. The molecule has 2 aliphatic rings. The van der Waals surface area contributed by atoms with Gasteiger partial charge in [0.15, 0.2) is 5.82 Å². The minimum absolute atomic E-state index is 0. The van der Waals surface area contributed by atoms with Crippen molar-refractivity contribution >= 4 is 16.6 Å². The van der Waals surface area contributed by atoms with Crippen molar-refractivity contribution in [2.24, 2.45) is 0 Å². The number of aromatic nitrogens is 3. The molecule has 2 aromatic heterocycles. The molecule has 2 fully saturated rings. The predicted molar refractivity (Wildman–Crippen MR) is 111 cm³/mol. The van der Waals surface area contributed by atoms with E-state index in [0.29, 0.717) is 18.2 Å². The Morgan fingerprint density at radius 3 is 2.71 bits per heavy atom. The van der Waals surface area contributed by atoms with Gasteiger partial charge in [0.25, 0.3) is 0 Å². The third kappa shape index (κ3) is 3.07. The van der Waals surface area contributed by atoms with Gasteiger partial charge in [0.05, 0.1) is 19.3 Å². The molecule has 6 heteroatoms. The second-order valence-electron chi connectivity index (χ2n) is 7.79. The highest BCUT2D eigenvalue weighted by atomic mass is 16.5. The molecule has 3 aromatic rings. The number of rotatable bonds is 4. The van der Waals surface area contributed by atoms with Crippen LogP contribution in [0.2, 0.25) is 0 Å². The van der Waals surface area contributed by atoms with Gasteiger partial charge in [0, 0.05) is 36.2 Å². The van der Waals surface area contributed by atoms with Crippen molar-refractivity contribution in [1.29, 1.82) is 0 Å². The van der Waals surface area contributed by atoms with Gasteiger partial charge >= 0.3 is 0 Å². The highest BCUT2D eigenvalue weighted by molar-refractivity contribution is 6.00. The van der Waals surface area contributed by atoms with Gasteiger partial charge in [-0.05, 0) is 56.4 Å². The van der Waals surface area contributed by atoms with Crippen LogP contribution in [0.5, 0.6) is 5.75 Å². The van der Waals surface area contributed by atoms with Gasteiger partial charge in [-0.3, -0.25) is 4.98 Å². The van der Waals surface area contributed by atoms with Gasteiger partial charge in [-0.1, -0.05) is 6.07 Å². The average Bonchev–Trinajstić information content (AvgIpc) is 3.06. The molecule has 2 saturated heterocycles. The Balaban J connectivity index is 0.00000205. The van der Waals surface area contributed by atoms with Gasteiger partial charge in [-0.2, -0.15) is 0 Å². The topological polar surface area (TPSA) is 69.2 Å². The summed E-state index contributed by atoms with van der Waals surface area (Å²) in [6.07, 6.45) is 8.80. The van der Waals surface area contributed by atoms with Crippen LogP contribution in [0.25, 0.3) is 22.0 Å². The summed E-state index contributed by atoms with van der Waals surface area (Å²) < 4.78 is 11.6. The molecular weight excluding hydrogens is 352 g/mol. The van der Waals surface area contributed by atoms with Crippen LogP contribution in [-0.4, -0.2) is 40.5 Å². The lowest BCUT2D eigenvalue weighted by Gasteiger charge is -2.29. The van der Waals surface area contributed by atoms with Crippen molar-refractivity contribution in [2.45, 2.75) is 50.9 Å². The molecule has 0 amide bonds. The molecule has 0 aliphatic carbocycles. The van der Waals surface area contributed by atoms with Crippen molar-refractivity contribution < 1.29 is 10.9 Å². The van der Waals surface area contributed by atoms with Crippen LogP contribution in [0, 0.1) is 6.92 Å². The van der Waals surface area contributed by atoms with Crippen LogP contribution in [0.15, 0.2) is 36.7 Å². The van der Waals surface area contributed by atoms with Crippen LogP contribution in [0.4, 0.5) is 5.82 Å². The third-order valence-electron chi connectivity index (χ3n) is 5.82. The fourth-order valence-corrected chi connectivity index (χ4v) is 4.47. The van der Waals surface area contributed by atoms with E-state index in [1.165, 1.54) is 12.8 Å². The van der Waals surface area contributed by atoms with Crippen LogP contribution >= 0.6 is 0 Å². The van der Waals surface area contributed by atoms with E-state index in [2.05, 4.69) is 26.6 Å². The van der Waals surface area contributed by atoms with E-state index in [1.807, 2.05) is 31.3 Å². The second kappa shape index (κ2) is 7.02. The zero-order chi connectivity index (χ0) is 19.1. The largest absolute Gasteiger partial charge is 0.496 e. The van der Waals surface area contributed by atoms with Crippen LogP contribution in [0.1, 0.15) is 32.7 Å². The van der Waals surface area contributed by atoms with Gasteiger partial charge in [-0.15, -0.1) is 10.2 Å². The Morgan fingerprint density at radius 2 is 1.93 bits per heavy atom. The highest BCUT2D eigenvalue weighted by Gasteiger charge is 2.35. The van der Waals surface area contributed by atoms with Gasteiger partial charge in [0.1, 0.15) is 11.4 Å². The van der Waals surface area contributed by atoms with E-state index >= 15 is 0 Å². The van der Waals surface area contributed by atoms with Crippen molar-refractivity contribution in [3.05, 3.63) is 42.2 Å². The molecular formula is C22H26N4O2. The number of methoxy groups -OCH3 is 1. The number of nitrogens with one attached hydrogen (secondary N) is 1. The fourth-order valence-electron chi connectivity index (χ4n) is 4.47. The van der Waals surface area contributed by atoms with E-state index in [1.54, 1.807) is 13.3 Å². The maximum atomic E-state index is 5.96. The quantitative estimate of drug-likeness (QED) is 0.727. The third-order valence-corrected chi connectivity index (χ3v) is 5.82. The summed E-state index contributed by atoms with van der Waals surface area (Å²) in [5.41, 5.74) is 2.89. The number of aryl methyl sites for hydroxylation is 1. The molecule has 0 saturated carbocycles. The highest BCUT2D eigenvalue weighted by Crippen LogP contribution is 2.37. The minimum Gasteiger partial charge on any atom is -0.496 e. The summed E-state index contributed by atoms with van der Waals surface area (Å²) in [5.74, 6) is 1.60. The Kier molecular flexibility index (Phi) is 4.36. The van der Waals surface area contributed by atoms with Crippen molar-refractivity contribution in [2.75, 3.05) is 12.4 Å². The molecule has 146 valence electrons. The molecule has 0 spiro atoms. The average molecular weight is 378 g/mol. The number of hydrogen-bond acceptors (Lipinski definition) is 6. The number of hydrogen-bond donors (Lipinski definition) is 1. The first-order chi connectivity index (χ1) is 13.7. The van der Waals surface area contributed by atoms with Crippen molar-refractivity contribution in [3.63, 3.8) is 0 Å². The Hall–Kier alpha value is -2.73. The standard InChI is InChI=1S/C22H24N4O2.H2/c1-13-3-6-18(20(9-13)27-2)21-17-7-8-23-12-19(17)22(26-25-21)24-14-10-15-4-5-16(11-14)28-15;/h3,6-9,12,14-16H,4-5,10-11H2,1-2H3,(H,24,26);1H. The molecule has 1 aromatic carbocycles. The summed E-state index contributed by atoms with van der Waals surface area (Å²) in [7, 11) is 1.69. The molecule has 6 nitrogen and oxygen atoms in total. The molecule has 0 radical (unpaired) electrons. The molecule has 4 heterocycles. The molecule has 2 unspecified atom stereocenters. The lowest BCUT2D eigenvalue weighted by Crippen LogP contribution is -2.34. The molecule has 2 atom stereocenters. The van der Waals surface area contributed by atoms with Gasteiger partial charge in [-0.25, -0.2) is 0 Å². The summed E-state index contributed by atoms with van der Waals surface area (Å²) in [4.78, 5) is 4.34. The Labute approximate surface area is 165 Å². The second-order valence-corrected chi connectivity index (χ2v) is 7.79. The number of fused-ring (bicyclic) bond motifs is 3. The zero-order valence-electron chi connectivity index (χ0n) is 16.2. The van der Waals surface area contributed by atoms with Gasteiger partial charge < -0.3 is 14.8 Å². The van der Waals surface area contributed by atoms with Crippen LogP contribution < -0.4 is 10.1 Å². The number of ether oxygens (including phenoxy) is 2. The zero-order valence-corrected chi connectivity index (χ0v) is 16.2. The summed E-state index contributed by atoms with van der Waals surface area (Å²) in [6.45, 7) is 2.05. The molecule has 2 bridgehead atoms. The summed E-state index contributed by atoms with van der Waals surface area (Å²) >= 11 is 0. The molecule has 5 rings (SSSR count). The predicted octanol–water partition coefficient (Wildman–Crippen LogP) is 4.38. The van der Waals surface area contributed by atoms with E-state index in [4.69, 9.17) is 9.47 Å². The van der Waals surface area contributed by atoms with Crippen molar-refractivity contribution in [1.82, 2.24) is 15.2 Å². The minimum atomic E-state index is 0. The normalized spacial score (nSPS) is 23.7. The molecule has 1 N–H and O–H groups in total. The fraction of sp³-hybridized carbons (Fsp3) is 0.409. The van der Waals surface area contributed by atoms with E-state index in [-0.39, 0.29) is 1.43 Å². The summed E-state index contributed by atoms with van der Waals surface area (Å²) in [5, 5.41) is 14.7. The summed E-state index contributed by atoms with van der Waals surface area (Å²) in [6, 6.07) is 8.49. The van der Waals surface area contributed by atoms with E-state index in [9.17, 15) is 0 Å². The molecule has 28 heavy (non-hydrogen) atoms. The lowest BCUT2D eigenvalue weighted by atomic mass is 10.0. The number of anilines is 1. The Morgan fingerprint density at radius 1 is 1.11 bits per heavy atom. The lowest BCUT2D eigenvalue weighted by molar-refractivity contribution is 0.000663. The number of benzene rings is 1. The van der Waals surface area contributed by atoms with Gasteiger partial charge in [0.2, 0.25) is 0 Å². The van der Waals surface area contributed by atoms with Crippen LogP contribution in [0.3, 0.4) is 0 Å². The first-order valence-electron chi connectivity index (χ1n) is 9.88. The smallest absolute Gasteiger partial charge is 0.158 e. The maximum Gasteiger partial charge on any atom is 0.158 e. The Bertz CT molecular complexity index is 1020. The van der Waals surface area contributed by atoms with Crippen LogP contribution in [-0.2, 0) is 4.74 Å². The molecule has 2 aliphatic heterocycles. The monoisotopic (exact) mass is 378 g/mol.